The lowest BCUT2D eigenvalue weighted by Gasteiger charge is -1.94. The smallest absolute Gasteiger partial charge is 0.379 e. The second-order valence-electron chi connectivity index (χ2n) is 2.31. The largest absolute Gasteiger partial charge is 0.384 e. The second-order valence-corrected chi connectivity index (χ2v) is 3.23. The quantitative estimate of drug-likeness (QED) is 0.657. The first-order chi connectivity index (χ1) is 6.16. The van der Waals surface area contributed by atoms with E-state index in [-0.39, 0.29) is 11.1 Å². The van der Waals surface area contributed by atoms with Crippen LogP contribution in [-0.4, -0.2) is 4.98 Å². The zero-order valence-corrected chi connectivity index (χ0v) is 7.71. The Labute approximate surface area is 79.5 Å². The van der Waals surface area contributed by atoms with Gasteiger partial charge in [0.05, 0.1) is 6.07 Å². The third-order valence-corrected chi connectivity index (χ3v) is 1.88. The average Bonchev–Trinajstić information content (AvgIpc) is 2.06. The van der Waals surface area contributed by atoms with E-state index in [2.05, 4.69) is 30.6 Å². The van der Waals surface area contributed by atoms with Crippen LogP contribution < -0.4 is 10.8 Å². The van der Waals surface area contributed by atoms with Gasteiger partial charge in [-0.15, -0.1) is 0 Å². The molecule has 2 aromatic rings. The molecule has 0 atom stereocenters. The maximum atomic E-state index is 13.1. The summed E-state index contributed by atoms with van der Waals surface area (Å²) in [6.45, 7) is 0. The van der Waals surface area contributed by atoms with Gasteiger partial charge in [-0.3, -0.25) is 4.79 Å². The summed E-state index contributed by atoms with van der Waals surface area (Å²) >= 11 is 3.07. The normalized spacial score (nSPS) is 10.6. The Morgan fingerprint density at radius 2 is 2.31 bits per heavy atom. The van der Waals surface area contributed by atoms with E-state index in [0.717, 1.165) is 0 Å². The Morgan fingerprint density at radius 1 is 1.54 bits per heavy atom. The lowest BCUT2D eigenvalue weighted by molar-refractivity contribution is 0.406. The van der Waals surface area contributed by atoms with E-state index in [4.69, 9.17) is 0 Å². The van der Waals surface area contributed by atoms with Crippen LogP contribution in [-0.2, 0) is 0 Å². The fourth-order valence-electron chi connectivity index (χ4n) is 0.925. The zero-order chi connectivity index (χ0) is 9.42. The third kappa shape index (κ3) is 1.44. The minimum Gasteiger partial charge on any atom is -0.384 e. The van der Waals surface area contributed by atoms with E-state index in [0.29, 0.717) is 4.47 Å². The fourth-order valence-corrected chi connectivity index (χ4v) is 1.33. The Balaban J connectivity index is 2.95. The standard InChI is InChI=1S/C7H2BrFN2O2/c8-3-1-4(9)6-5(2-3)13-11-7(12)10-6/h1-2H. The highest BCUT2D eigenvalue weighted by Crippen LogP contribution is 2.19. The summed E-state index contributed by atoms with van der Waals surface area (Å²) in [4.78, 5) is 14.0. The van der Waals surface area contributed by atoms with Gasteiger partial charge >= 0.3 is 5.58 Å². The molecule has 0 bridgehead atoms. The van der Waals surface area contributed by atoms with Crippen LogP contribution in [0.5, 0.6) is 0 Å². The molecule has 1 aromatic heterocycles. The van der Waals surface area contributed by atoms with Gasteiger partial charge in [0.2, 0.25) is 5.69 Å². The molecule has 0 amide bonds. The first-order valence-corrected chi connectivity index (χ1v) is 4.09. The van der Waals surface area contributed by atoms with Crippen LogP contribution in [0, 0.1) is 5.82 Å². The summed E-state index contributed by atoms with van der Waals surface area (Å²) < 4.78 is 18.2. The first kappa shape index (κ1) is 8.31. The zero-order valence-electron chi connectivity index (χ0n) is 6.12. The molecule has 66 valence electrons. The Hall–Kier alpha value is -1.30. The SMILES string of the molecule is O=c1nc2c(F)cc(Br)cc2[o+][n-]1. The minimum atomic E-state index is -0.839. The third-order valence-electron chi connectivity index (χ3n) is 1.42. The second kappa shape index (κ2) is 2.88. The predicted octanol–water partition coefficient (Wildman–Crippen LogP) is 1.33. The number of benzene rings is 1. The van der Waals surface area contributed by atoms with Gasteiger partial charge in [-0.2, -0.15) is 4.52 Å². The molecule has 4 nitrogen and oxygen atoms in total. The predicted molar refractivity (Wildman–Crippen MR) is 45.7 cm³/mol. The van der Waals surface area contributed by atoms with Crippen LogP contribution in [0.1, 0.15) is 0 Å². The molecule has 0 unspecified atom stereocenters. The highest BCUT2D eigenvalue weighted by Gasteiger charge is 2.09. The van der Waals surface area contributed by atoms with Gasteiger partial charge in [-0.25, -0.2) is 4.39 Å². The van der Waals surface area contributed by atoms with E-state index in [1.165, 1.54) is 12.1 Å². The van der Waals surface area contributed by atoms with Crippen molar-refractivity contribution in [3.05, 3.63) is 32.9 Å². The molecule has 0 fully saturated rings. The van der Waals surface area contributed by atoms with Gasteiger partial charge in [0.1, 0.15) is 11.3 Å². The lowest BCUT2D eigenvalue weighted by Crippen LogP contribution is -2.11. The number of hydrogen-bond donors (Lipinski definition) is 0. The van der Waals surface area contributed by atoms with Gasteiger partial charge in [0.25, 0.3) is 0 Å². The van der Waals surface area contributed by atoms with Gasteiger partial charge in [-0.05, 0) is 6.07 Å². The molecular weight excluding hydrogens is 243 g/mol. The molecule has 2 rings (SSSR count). The van der Waals surface area contributed by atoms with Gasteiger partial charge in [-0.1, -0.05) is 15.9 Å². The molecule has 13 heavy (non-hydrogen) atoms. The van der Waals surface area contributed by atoms with Crippen molar-refractivity contribution >= 4 is 27.0 Å². The Bertz CT molecular complexity index is 525. The van der Waals surface area contributed by atoms with Crippen molar-refractivity contribution in [2.24, 2.45) is 0 Å². The van der Waals surface area contributed by atoms with Crippen molar-refractivity contribution in [3.63, 3.8) is 0 Å². The number of rotatable bonds is 0. The van der Waals surface area contributed by atoms with Crippen molar-refractivity contribution < 1.29 is 8.91 Å². The summed E-state index contributed by atoms with van der Waals surface area (Å²) in [6, 6.07) is 2.68. The molecule has 0 saturated carbocycles. The highest BCUT2D eigenvalue weighted by atomic mass is 79.9. The van der Waals surface area contributed by atoms with E-state index in [1.54, 1.807) is 0 Å². The average molecular weight is 245 g/mol. The minimum absolute atomic E-state index is 0.108. The Morgan fingerprint density at radius 3 is 3.08 bits per heavy atom. The number of halogens is 2. The van der Waals surface area contributed by atoms with E-state index in [9.17, 15) is 9.18 Å². The van der Waals surface area contributed by atoms with Crippen molar-refractivity contribution in [1.29, 1.82) is 0 Å². The molecule has 0 N–H and O–H groups in total. The van der Waals surface area contributed by atoms with Crippen molar-refractivity contribution in [2.45, 2.75) is 0 Å². The summed E-state index contributed by atoms with van der Waals surface area (Å²) in [7, 11) is 0. The van der Waals surface area contributed by atoms with Crippen LogP contribution in [0.3, 0.4) is 0 Å². The summed E-state index contributed by atoms with van der Waals surface area (Å²) in [6.07, 6.45) is 0. The molecular formula is C7H2BrFN2O2. The van der Waals surface area contributed by atoms with Crippen LogP contribution in [0.2, 0.25) is 0 Å². The van der Waals surface area contributed by atoms with Crippen LogP contribution in [0.15, 0.2) is 25.9 Å². The molecule has 6 heteroatoms. The molecule has 0 aliphatic heterocycles. The molecule has 1 aromatic carbocycles. The van der Waals surface area contributed by atoms with Crippen LogP contribution in [0.25, 0.3) is 11.1 Å². The van der Waals surface area contributed by atoms with Crippen molar-refractivity contribution in [3.8, 4) is 0 Å². The summed E-state index contributed by atoms with van der Waals surface area (Å²) in [5.41, 5.74) is -0.816. The van der Waals surface area contributed by atoms with Gasteiger partial charge in [0.15, 0.2) is 0 Å². The number of nitrogens with zero attached hydrogens (tertiary/aromatic N) is 2. The van der Waals surface area contributed by atoms with E-state index >= 15 is 0 Å². The van der Waals surface area contributed by atoms with Crippen molar-refractivity contribution in [1.82, 2.24) is 10.1 Å². The molecule has 0 radical (unpaired) electrons. The van der Waals surface area contributed by atoms with E-state index < -0.39 is 11.5 Å². The monoisotopic (exact) mass is 244 g/mol. The van der Waals surface area contributed by atoms with E-state index in [1.807, 2.05) is 0 Å². The molecule has 0 aliphatic carbocycles. The number of hydrogen-bond acceptors (Lipinski definition) is 2. The molecule has 1 heterocycles. The maximum absolute atomic E-state index is 13.1. The fraction of sp³-hybridized carbons (Fsp3) is 0. The van der Waals surface area contributed by atoms with Gasteiger partial charge in [0, 0.05) is 9.63 Å². The number of aromatic nitrogens is 2. The van der Waals surface area contributed by atoms with Crippen LogP contribution in [0.4, 0.5) is 4.39 Å². The first-order valence-electron chi connectivity index (χ1n) is 3.29. The highest BCUT2D eigenvalue weighted by molar-refractivity contribution is 9.10. The lowest BCUT2D eigenvalue weighted by atomic mass is 10.3. The molecule has 0 aliphatic rings. The molecule has 0 saturated heterocycles. The summed E-state index contributed by atoms with van der Waals surface area (Å²) in [5.74, 6) is -0.618. The van der Waals surface area contributed by atoms with Crippen molar-refractivity contribution in [2.75, 3.05) is 0 Å². The van der Waals surface area contributed by atoms with Gasteiger partial charge < -0.3 is 4.98 Å². The maximum Gasteiger partial charge on any atom is 0.379 e. The number of fused-ring (bicyclic) bond motifs is 1. The summed E-state index contributed by atoms with van der Waals surface area (Å²) in [5, 5.41) is 3.06. The topological polar surface area (TPSA) is 55.4 Å². The van der Waals surface area contributed by atoms with Crippen LogP contribution >= 0.6 is 15.9 Å². The Kier molecular flexibility index (Phi) is 1.84. The molecule has 0 spiro atoms.